The Labute approximate surface area is 99.8 Å². The van der Waals surface area contributed by atoms with Crippen LogP contribution in [-0.2, 0) is 6.54 Å². The Hall–Kier alpha value is -0.750. The third-order valence-corrected chi connectivity index (χ3v) is 3.08. The van der Waals surface area contributed by atoms with Gasteiger partial charge in [-0.25, -0.2) is 0 Å². The molecule has 1 fully saturated rings. The summed E-state index contributed by atoms with van der Waals surface area (Å²) in [4.78, 5) is 0. The lowest BCUT2D eigenvalue weighted by Gasteiger charge is -1.99. The van der Waals surface area contributed by atoms with Crippen molar-refractivity contribution in [2.75, 3.05) is 23.9 Å². The van der Waals surface area contributed by atoms with Gasteiger partial charge < -0.3 is 15.1 Å². The van der Waals surface area contributed by atoms with Crippen molar-refractivity contribution < 1.29 is 4.42 Å². The average Bonchev–Trinajstić information content (AvgIpc) is 3.02. The molecule has 2 N–H and O–H groups in total. The summed E-state index contributed by atoms with van der Waals surface area (Å²) < 4.78 is 5.44. The van der Waals surface area contributed by atoms with E-state index in [2.05, 4.69) is 27.1 Å². The largest absolute Gasteiger partial charge is 0.407 e. The van der Waals surface area contributed by atoms with E-state index in [1.54, 1.807) is 0 Å². The van der Waals surface area contributed by atoms with Crippen molar-refractivity contribution >= 4 is 17.8 Å². The van der Waals surface area contributed by atoms with E-state index < -0.39 is 0 Å². The van der Waals surface area contributed by atoms with E-state index in [0.29, 0.717) is 24.5 Å². The zero-order valence-electron chi connectivity index (χ0n) is 9.53. The van der Waals surface area contributed by atoms with Gasteiger partial charge in [0.05, 0.1) is 6.54 Å². The molecule has 1 aromatic heterocycles. The number of thioether (sulfide) groups is 1. The van der Waals surface area contributed by atoms with Crippen LogP contribution in [0.5, 0.6) is 0 Å². The van der Waals surface area contributed by atoms with E-state index in [1.807, 2.05) is 11.8 Å². The highest BCUT2D eigenvalue weighted by atomic mass is 32.2. The molecule has 0 saturated heterocycles. The first-order valence-corrected chi connectivity index (χ1v) is 7.06. The minimum atomic E-state index is 0.536. The summed E-state index contributed by atoms with van der Waals surface area (Å²) in [6.45, 7) is 1.57. The lowest BCUT2D eigenvalue weighted by atomic mass is 10.5. The highest BCUT2D eigenvalue weighted by Crippen LogP contribution is 2.19. The number of nitrogens with one attached hydrogen (secondary N) is 2. The summed E-state index contributed by atoms with van der Waals surface area (Å²) in [6, 6.07) is 1.21. The van der Waals surface area contributed by atoms with Gasteiger partial charge in [-0.15, -0.1) is 5.10 Å². The molecule has 5 nitrogen and oxygen atoms in total. The standard InChI is InChI=1S/C10H18N4OS/c1-16-6-2-5-11-10-14-13-9(15-10)7-12-8-3-4-8/h8,12H,2-7H2,1H3,(H,11,14). The molecule has 90 valence electrons. The topological polar surface area (TPSA) is 63.0 Å². The Kier molecular flexibility index (Phi) is 4.47. The van der Waals surface area contributed by atoms with Crippen LogP contribution in [-0.4, -0.2) is 34.8 Å². The van der Waals surface area contributed by atoms with Crippen LogP contribution in [0.25, 0.3) is 0 Å². The van der Waals surface area contributed by atoms with Crippen molar-refractivity contribution in [3.63, 3.8) is 0 Å². The fraction of sp³-hybridized carbons (Fsp3) is 0.800. The van der Waals surface area contributed by atoms with Crippen molar-refractivity contribution in [3.05, 3.63) is 5.89 Å². The van der Waals surface area contributed by atoms with Crippen LogP contribution >= 0.6 is 11.8 Å². The lowest BCUT2D eigenvalue weighted by molar-refractivity contribution is 0.476. The van der Waals surface area contributed by atoms with Crippen LogP contribution in [0.3, 0.4) is 0 Å². The van der Waals surface area contributed by atoms with Crippen LogP contribution in [0.15, 0.2) is 4.42 Å². The zero-order valence-corrected chi connectivity index (χ0v) is 10.3. The van der Waals surface area contributed by atoms with Gasteiger partial charge >= 0.3 is 6.01 Å². The number of hydrogen-bond donors (Lipinski definition) is 2. The third-order valence-electron chi connectivity index (χ3n) is 2.39. The second-order valence-corrected chi connectivity index (χ2v) is 4.91. The van der Waals surface area contributed by atoms with Gasteiger partial charge in [0.15, 0.2) is 0 Å². The number of hydrogen-bond acceptors (Lipinski definition) is 6. The number of anilines is 1. The summed E-state index contributed by atoms with van der Waals surface area (Å²) >= 11 is 1.84. The highest BCUT2D eigenvalue weighted by molar-refractivity contribution is 7.98. The average molecular weight is 242 g/mol. The maximum atomic E-state index is 5.44. The first kappa shape index (κ1) is 11.7. The second-order valence-electron chi connectivity index (χ2n) is 3.93. The van der Waals surface area contributed by atoms with Crippen molar-refractivity contribution in [2.24, 2.45) is 0 Å². The maximum absolute atomic E-state index is 5.44. The predicted octanol–water partition coefficient (Wildman–Crippen LogP) is 1.49. The first-order valence-electron chi connectivity index (χ1n) is 5.67. The molecule has 1 heterocycles. The number of nitrogens with zero attached hydrogens (tertiary/aromatic N) is 2. The fourth-order valence-electron chi connectivity index (χ4n) is 1.33. The maximum Gasteiger partial charge on any atom is 0.315 e. The lowest BCUT2D eigenvalue weighted by Crippen LogP contribution is -2.15. The van der Waals surface area contributed by atoms with Crippen molar-refractivity contribution in [3.8, 4) is 0 Å². The summed E-state index contributed by atoms with van der Waals surface area (Å²) in [5.74, 6) is 1.82. The van der Waals surface area contributed by atoms with Gasteiger partial charge in [-0.1, -0.05) is 5.10 Å². The van der Waals surface area contributed by atoms with Crippen LogP contribution in [0.1, 0.15) is 25.2 Å². The van der Waals surface area contributed by atoms with Crippen LogP contribution < -0.4 is 10.6 Å². The SMILES string of the molecule is CSCCCNc1nnc(CNC2CC2)o1. The van der Waals surface area contributed by atoms with Crippen molar-refractivity contribution in [1.82, 2.24) is 15.5 Å². The fourth-order valence-corrected chi connectivity index (χ4v) is 1.76. The molecule has 0 unspecified atom stereocenters. The zero-order chi connectivity index (χ0) is 11.2. The van der Waals surface area contributed by atoms with E-state index in [-0.39, 0.29) is 0 Å². The molecule has 0 atom stereocenters. The normalized spacial score (nSPS) is 15.3. The molecule has 0 aromatic carbocycles. The van der Waals surface area contributed by atoms with Crippen LogP contribution in [0.4, 0.5) is 6.01 Å². The third kappa shape index (κ3) is 4.02. The van der Waals surface area contributed by atoms with Crippen LogP contribution in [0, 0.1) is 0 Å². The quantitative estimate of drug-likeness (QED) is 0.673. The van der Waals surface area contributed by atoms with Gasteiger partial charge in [-0.3, -0.25) is 0 Å². The van der Waals surface area contributed by atoms with Gasteiger partial charge in [0.2, 0.25) is 5.89 Å². The molecular formula is C10H18N4OS. The Morgan fingerprint density at radius 2 is 2.31 bits per heavy atom. The van der Waals surface area contributed by atoms with Gasteiger partial charge in [0.25, 0.3) is 0 Å². The molecule has 16 heavy (non-hydrogen) atoms. The summed E-state index contributed by atoms with van der Waals surface area (Å²) in [5.41, 5.74) is 0. The van der Waals surface area contributed by atoms with Gasteiger partial charge in [0.1, 0.15) is 0 Å². The minimum absolute atomic E-state index is 0.536. The first-order chi connectivity index (χ1) is 7.88. The molecule has 6 heteroatoms. The van der Waals surface area contributed by atoms with E-state index in [0.717, 1.165) is 18.7 Å². The molecule has 0 spiro atoms. The van der Waals surface area contributed by atoms with E-state index in [1.165, 1.54) is 12.8 Å². The Morgan fingerprint density at radius 3 is 3.06 bits per heavy atom. The van der Waals surface area contributed by atoms with E-state index in [9.17, 15) is 0 Å². The van der Waals surface area contributed by atoms with Gasteiger partial charge in [-0.05, 0) is 31.3 Å². The van der Waals surface area contributed by atoms with Crippen molar-refractivity contribution in [2.45, 2.75) is 31.8 Å². The molecule has 0 amide bonds. The monoisotopic (exact) mass is 242 g/mol. The van der Waals surface area contributed by atoms with Gasteiger partial charge in [-0.2, -0.15) is 11.8 Å². The molecule has 1 saturated carbocycles. The second kappa shape index (κ2) is 6.10. The Balaban J connectivity index is 1.64. The number of aromatic nitrogens is 2. The smallest absolute Gasteiger partial charge is 0.315 e. The van der Waals surface area contributed by atoms with Crippen molar-refractivity contribution in [1.29, 1.82) is 0 Å². The van der Waals surface area contributed by atoms with E-state index in [4.69, 9.17) is 4.42 Å². The molecule has 0 aliphatic heterocycles. The summed E-state index contributed by atoms with van der Waals surface area (Å²) in [5, 5.41) is 14.4. The highest BCUT2D eigenvalue weighted by Gasteiger charge is 2.21. The molecule has 0 bridgehead atoms. The van der Waals surface area contributed by atoms with Gasteiger partial charge in [0, 0.05) is 12.6 Å². The molecule has 1 aromatic rings. The Bertz CT molecular complexity index is 314. The summed E-state index contributed by atoms with van der Waals surface area (Å²) in [6.07, 6.45) is 5.76. The predicted molar refractivity (Wildman–Crippen MR) is 65.6 cm³/mol. The minimum Gasteiger partial charge on any atom is -0.407 e. The summed E-state index contributed by atoms with van der Waals surface area (Å²) in [7, 11) is 0. The molecule has 2 rings (SSSR count). The van der Waals surface area contributed by atoms with Crippen LogP contribution in [0.2, 0.25) is 0 Å². The molecule has 1 aliphatic carbocycles. The van der Waals surface area contributed by atoms with E-state index >= 15 is 0 Å². The number of rotatable bonds is 8. The Morgan fingerprint density at radius 1 is 1.44 bits per heavy atom. The molecule has 1 aliphatic rings. The molecular weight excluding hydrogens is 224 g/mol. The molecule has 0 radical (unpaired) electrons.